The third kappa shape index (κ3) is 59.5. The topological polar surface area (TPSA) is 227 Å². The molecule has 0 heterocycles. The van der Waals surface area contributed by atoms with Gasteiger partial charge in [-0.2, -0.15) is 118 Å². The number of hydrogen-bond donors (Lipinski definition) is 2. The minimum absolute atomic E-state index is 0. The van der Waals surface area contributed by atoms with E-state index in [9.17, 15) is 117 Å². The first-order valence-electron chi connectivity index (χ1n) is 24.1. The summed E-state index contributed by atoms with van der Waals surface area (Å²) in [5, 5.41) is -28.2. The van der Waals surface area contributed by atoms with Gasteiger partial charge < -0.3 is 32.5 Å². The van der Waals surface area contributed by atoms with Gasteiger partial charge in [-0.3, -0.25) is 4.21 Å². The number of thioether (sulfide) groups is 4. The Morgan fingerprint density at radius 2 is 0.618 bits per heavy atom. The maximum absolute atomic E-state index is 13.2. The second-order valence-corrected chi connectivity index (χ2v) is 37.4. The van der Waals surface area contributed by atoms with E-state index >= 15 is 0 Å². The Kier molecular flexibility index (Phi) is 87.0. The van der Waals surface area contributed by atoms with Crippen molar-refractivity contribution in [3.8, 4) is 0 Å². The molecule has 6 rings (SSSR count). The summed E-state index contributed by atoms with van der Waals surface area (Å²) in [6, 6.07) is 35.9. The van der Waals surface area contributed by atoms with Gasteiger partial charge in [-0.15, -0.1) is 12.6 Å². The summed E-state index contributed by atoms with van der Waals surface area (Å²) in [6.45, 7) is 0. The average molecular weight is 2570 g/mol. The summed E-state index contributed by atoms with van der Waals surface area (Å²) in [5.74, 6) is 0. The number of alkyl halides is 23. The van der Waals surface area contributed by atoms with Crippen molar-refractivity contribution >= 4 is 341 Å². The summed E-state index contributed by atoms with van der Waals surface area (Å²) in [6.07, 6.45) is 0. The number of halogens is 34. The summed E-state index contributed by atoms with van der Waals surface area (Å²) >= 11 is 29.0. The van der Waals surface area contributed by atoms with Gasteiger partial charge in [0.2, 0.25) is 0 Å². The van der Waals surface area contributed by atoms with E-state index in [4.69, 9.17) is 34.6 Å². The van der Waals surface area contributed by atoms with Crippen LogP contribution in [0.1, 0.15) is 0 Å². The summed E-state index contributed by atoms with van der Waals surface area (Å²) in [4.78, 5) is -11.3. The van der Waals surface area contributed by atoms with E-state index in [-0.39, 0.29) is 225 Å². The fraction of sp³-hybridized carbons (Fsp3) is 0.234. The summed E-state index contributed by atoms with van der Waals surface area (Å²) in [7, 11) is -4.79. The van der Waals surface area contributed by atoms with Gasteiger partial charge >= 0.3 is 316 Å². The van der Waals surface area contributed by atoms with E-state index in [1.165, 1.54) is 148 Å². The maximum Gasteiger partial charge on any atom is 0.0174 e. The molecule has 12 nitrogen and oxygen atoms in total. The van der Waals surface area contributed by atoms with Crippen LogP contribution in [-0.4, -0.2) is 155 Å². The number of thiol groups is 1. The van der Waals surface area contributed by atoms with Gasteiger partial charge in [0.15, 0.2) is 0 Å². The molecule has 0 aromatic heterocycles. The van der Waals surface area contributed by atoms with Crippen LogP contribution in [0.2, 0.25) is 0 Å². The van der Waals surface area contributed by atoms with Gasteiger partial charge in [0.25, 0.3) is 0 Å². The molecule has 1 unspecified atom stereocenters. The largest absolute Gasteiger partial charge is 0.870 e. The Bertz CT molecular complexity index is 3820. The van der Waals surface area contributed by atoms with Crippen molar-refractivity contribution in [3.63, 3.8) is 0 Å². The Hall–Kier alpha value is 8.42. The average Bonchev–Trinajstić information content (AvgIpc) is 0.781. The second kappa shape index (κ2) is 67.6. The third-order valence-corrected chi connectivity index (χ3v) is 22.9. The van der Waals surface area contributed by atoms with Crippen molar-refractivity contribution in [1.82, 2.24) is 0 Å². The SMILES string of the molecule is CO.ClCl.FC(F)(Br)C(F)(F)Br.FC(F)(Br)C(F)(F)Sc1ccc(Br)cc1.O=S(=O)(Cl)C(F)(F)C(F)(F)Sc1ccc(Br)cc1.O=S(=O)(F)C(F)(F)C(F)(F)Sc1ccc(Br)cc1.O=S(=O)=S(=O)=O.O=S([O-])C(F)(F)C(F)(F)Sc1ccc(Br)cc1.Sc1ccc(Br)cc1.[F-].[K+].[K+].[K+].[Na+].[Na][Na].[OH-].[S-]c1ccc(Br)cc1. The minimum atomic E-state index is -6.70. The first-order chi connectivity index (χ1) is 46.8. The van der Waals surface area contributed by atoms with Gasteiger partial charge in [-0.05, 0) is 228 Å². The van der Waals surface area contributed by atoms with Crippen molar-refractivity contribution in [2.45, 2.75) is 80.7 Å². The van der Waals surface area contributed by atoms with E-state index in [0.29, 0.717) is 17.9 Å². The van der Waals surface area contributed by atoms with E-state index in [1.54, 1.807) is 15.9 Å². The summed E-state index contributed by atoms with van der Waals surface area (Å²) in [5.41, 5.74) is 0. The smallest absolute Gasteiger partial charge is 0.0174 e. The van der Waals surface area contributed by atoms with Crippen molar-refractivity contribution in [3.05, 3.63) is 172 Å². The normalized spacial score (nSPS) is 11.5. The number of aliphatic hydroxyl groups excluding tert-OH is 1. The van der Waals surface area contributed by atoms with Crippen LogP contribution in [0.15, 0.2) is 202 Å². The summed E-state index contributed by atoms with van der Waals surface area (Å²) < 4.78 is 366. The molecule has 0 spiro atoms. The molecule has 0 saturated heterocycles. The molecule has 6 aromatic carbocycles. The molecule has 0 amide bonds. The van der Waals surface area contributed by atoms with Crippen LogP contribution < -0.4 is 188 Å². The van der Waals surface area contributed by atoms with Crippen LogP contribution in [0.5, 0.6) is 0 Å². The van der Waals surface area contributed by atoms with Crippen LogP contribution >= 0.6 is 235 Å². The molecule has 600 valence electrons. The van der Waals surface area contributed by atoms with Gasteiger partial charge in [0.05, 0.1) is 0 Å². The molecule has 0 saturated carbocycles. The zero-order chi connectivity index (χ0) is 83.5. The molecule has 0 bridgehead atoms. The quantitative estimate of drug-likeness (QED) is 0.0135. The second-order valence-electron chi connectivity index (χ2n) is 15.8. The van der Waals surface area contributed by atoms with Gasteiger partial charge in [0, 0.05) is 102 Å². The first-order valence-corrected chi connectivity index (χ1v) is 51.9. The number of hydrogen-bond acceptors (Lipinski definition) is 18. The molecule has 1 atom stereocenters. The first kappa shape index (κ1) is 141. The molecule has 6 aromatic rings. The fourth-order valence-corrected chi connectivity index (χ4v) is 11.4. The molecule has 0 aliphatic rings. The Labute approximate surface area is 914 Å². The molecule has 0 radical (unpaired) electrons. The van der Waals surface area contributed by atoms with E-state index in [1.807, 2.05) is 48.5 Å². The molecule has 2 N–H and O–H groups in total. The van der Waals surface area contributed by atoms with Crippen LogP contribution in [0.25, 0.3) is 0 Å². The number of benzene rings is 6. The Balaban J connectivity index is -0.000000114. The van der Waals surface area contributed by atoms with E-state index in [0.717, 1.165) is 50.1 Å². The van der Waals surface area contributed by atoms with E-state index in [2.05, 4.69) is 141 Å². The van der Waals surface area contributed by atoms with Gasteiger partial charge in [-0.1, -0.05) is 112 Å². The molecule has 110 heavy (non-hydrogen) atoms. The van der Waals surface area contributed by atoms with Crippen LogP contribution in [0.4, 0.5) is 91.7 Å². The number of rotatable bonds is 16. The van der Waals surface area contributed by atoms with Crippen LogP contribution in [0, 0.1) is 0 Å². The zero-order valence-electron chi connectivity index (χ0n) is 54.2. The molecule has 63 heteroatoms. The zero-order valence-corrected chi connectivity index (χ0v) is 95.2. The predicted octanol–water partition coefficient (Wildman–Crippen LogP) is 8.83. The minimum Gasteiger partial charge on any atom is -0.870 e. The van der Waals surface area contributed by atoms with Crippen LogP contribution in [-0.2, 0) is 61.5 Å². The third-order valence-electron chi connectivity index (χ3n) is 8.48. The predicted molar refractivity (Wildman–Crippen MR) is 402 cm³/mol. The Morgan fingerprint density at radius 3 is 0.782 bits per heavy atom. The Morgan fingerprint density at radius 1 is 0.427 bits per heavy atom. The van der Waals surface area contributed by atoms with Crippen LogP contribution in [0.3, 0.4) is 0 Å². The number of aliphatic hydroxyl groups is 1. The van der Waals surface area contributed by atoms with Crippen molar-refractivity contribution in [2.75, 3.05) is 7.11 Å². The standard InChI is InChI=1S/C8H4Br2F4S.C8H4BrClF4O2S2.C8H4BrF5O2S2.C8H5BrF4O2S2.2C6H5BrS.C2Br2F4.CH4O.Cl2.FH.3K.3Na.O4S2.H2O/c9-5-1-3-6(4-2-5)15-8(13,14)7(10,11)12;9-5-1-3-6(4-2-5)17-7(11,12)8(13,14)18(10,15)16;9-5-1-3-6(4-2-5)17-7(10,11)8(12,13)18(14,15)16;9-5-1-3-6(4-2-5)16-7(10,11)8(12,13)17(14)15;2*7-5-1-3-6(8)4-2-5;3-1(5,6)2(4,7)8;2*1-2;;;;;;;;1-5(2)6(3)4;/h1-4H;2*1-4H;1-4H,(H,14,15);2*1-4,8H;;2H,1H3;;1H;;;;;;;;1H2/q;;;;;;;;;;3*+1;;;+1;;/p-4. The molecular weight excluding hydrogens is 2540 g/mol. The van der Waals surface area contributed by atoms with Crippen molar-refractivity contribution < 1.29 is 333 Å². The van der Waals surface area contributed by atoms with Gasteiger partial charge in [0.1, 0.15) is 0 Å². The van der Waals surface area contributed by atoms with Gasteiger partial charge in [-0.25, -0.2) is 8.42 Å². The molecule has 0 aliphatic heterocycles. The van der Waals surface area contributed by atoms with E-state index < -0.39 is 135 Å². The van der Waals surface area contributed by atoms with Crippen molar-refractivity contribution in [1.29, 1.82) is 0 Å². The monoisotopic (exact) mass is 2560 g/mol. The molecule has 0 fully saturated rings. The fourth-order valence-electron chi connectivity index (χ4n) is 4.10. The van der Waals surface area contributed by atoms with Crippen molar-refractivity contribution in [2.24, 2.45) is 0 Å². The molecule has 0 aliphatic carbocycles. The molecular formula is C47H30Br9Cl3F22K3Na3O12S11. The maximum atomic E-state index is 13.2.